The Bertz CT molecular complexity index is 1190. The number of hydrogen-bond donors (Lipinski definition) is 2. The number of nitrogens with two attached hydrogens (primary N) is 1. The molecule has 3 aromatic rings. The Morgan fingerprint density at radius 1 is 1.18 bits per heavy atom. The number of benzene rings is 1. The number of hydrogen-bond acceptors (Lipinski definition) is 7. The summed E-state index contributed by atoms with van der Waals surface area (Å²) in [6.07, 6.45) is 6.23. The van der Waals surface area contributed by atoms with Crippen LogP contribution in [0.2, 0.25) is 0 Å². The second-order valence-corrected chi connectivity index (χ2v) is 7.84. The predicted molar refractivity (Wildman–Crippen MR) is 126 cm³/mol. The Morgan fingerprint density at radius 2 is 2.00 bits per heavy atom. The van der Waals surface area contributed by atoms with Crippen LogP contribution in [0.4, 0.5) is 22.1 Å². The van der Waals surface area contributed by atoms with E-state index in [1.165, 1.54) is 13.4 Å². The second-order valence-electron chi connectivity index (χ2n) is 7.84. The summed E-state index contributed by atoms with van der Waals surface area (Å²) >= 11 is 0. The van der Waals surface area contributed by atoms with Crippen molar-refractivity contribution in [1.82, 2.24) is 15.0 Å². The van der Waals surface area contributed by atoms with E-state index in [-0.39, 0.29) is 12.1 Å². The van der Waals surface area contributed by atoms with Crippen LogP contribution in [0.5, 0.6) is 5.88 Å². The lowest BCUT2D eigenvalue weighted by Crippen LogP contribution is -2.45. The SMILES string of the molecule is COc1cc(NC(=O)N(c2nc(-c3cccc(C#N)c3)ccc2N)C2CCCCC2)ncn1. The van der Waals surface area contributed by atoms with Crippen LogP contribution < -0.4 is 20.7 Å². The Labute approximate surface area is 192 Å². The van der Waals surface area contributed by atoms with Crippen LogP contribution in [-0.2, 0) is 0 Å². The van der Waals surface area contributed by atoms with Gasteiger partial charge in [0.1, 0.15) is 12.1 Å². The number of carbonyl (C=O) groups excluding carboxylic acids is 1. The van der Waals surface area contributed by atoms with Gasteiger partial charge < -0.3 is 10.5 Å². The summed E-state index contributed by atoms with van der Waals surface area (Å²) in [7, 11) is 1.50. The Balaban J connectivity index is 1.72. The molecule has 1 aliphatic rings. The summed E-state index contributed by atoms with van der Waals surface area (Å²) in [5, 5.41) is 12.1. The molecule has 1 fully saturated rings. The van der Waals surface area contributed by atoms with Crippen LogP contribution in [0.15, 0.2) is 48.8 Å². The number of urea groups is 1. The Morgan fingerprint density at radius 3 is 2.76 bits per heavy atom. The summed E-state index contributed by atoms with van der Waals surface area (Å²) in [4.78, 5) is 28.0. The number of amides is 2. The first-order chi connectivity index (χ1) is 16.1. The molecule has 9 nitrogen and oxygen atoms in total. The monoisotopic (exact) mass is 443 g/mol. The quantitative estimate of drug-likeness (QED) is 0.598. The maximum Gasteiger partial charge on any atom is 0.328 e. The normalized spacial score (nSPS) is 13.7. The number of nitrogen functional groups attached to an aromatic ring is 1. The summed E-state index contributed by atoms with van der Waals surface area (Å²) in [6.45, 7) is 0. The Hall–Kier alpha value is -4.19. The van der Waals surface area contributed by atoms with Crippen molar-refractivity contribution in [3.8, 4) is 23.2 Å². The molecule has 2 heterocycles. The van der Waals surface area contributed by atoms with Crippen molar-refractivity contribution in [2.24, 2.45) is 0 Å². The number of aromatic nitrogens is 3. The van der Waals surface area contributed by atoms with Crippen LogP contribution in [-0.4, -0.2) is 34.1 Å². The highest BCUT2D eigenvalue weighted by Gasteiger charge is 2.30. The molecule has 1 saturated carbocycles. The predicted octanol–water partition coefficient (Wildman–Crippen LogP) is 4.37. The van der Waals surface area contributed by atoms with Gasteiger partial charge in [-0.05, 0) is 37.1 Å². The van der Waals surface area contributed by atoms with E-state index >= 15 is 0 Å². The van der Waals surface area contributed by atoms with E-state index in [9.17, 15) is 10.1 Å². The van der Waals surface area contributed by atoms with Crippen molar-refractivity contribution in [3.05, 3.63) is 54.4 Å². The molecule has 0 radical (unpaired) electrons. The maximum atomic E-state index is 13.5. The van der Waals surface area contributed by atoms with E-state index in [2.05, 4.69) is 21.4 Å². The van der Waals surface area contributed by atoms with Crippen molar-refractivity contribution in [2.45, 2.75) is 38.1 Å². The van der Waals surface area contributed by atoms with E-state index in [0.717, 1.165) is 37.7 Å². The number of anilines is 3. The highest BCUT2D eigenvalue weighted by atomic mass is 16.5. The van der Waals surface area contributed by atoms with E-state index < -0.39 is 0 Å². The highest BCUT2D eigenvalue weighted by molar-refractivity contribution is 6.03. The van der Waals surface area contributed by atoms with Crippen molar-refractivity contribution in [3.63, 3.8) is 0 Å². The second kappa shape index (κ2) is 9.96. The molecule has 3 N–H and O–H groups in total. The number of carbonyl (C=O) groups is 1. The van der Waals surface area contributed by atoms with E-state index in [4.69, 9.17) is 15.5 Å². The molecular formula is C24H25N7O2. The summed E-state index contributed by atoms with van der Waals surface area (Å²) in [6, 6.07) is 14.0. The minimum Gasteiger partial charge on any atom is -0.481 e. The zero-order valence-corrected chi connectivity index (χ0v) is 18.4. The van der Waals surface area contributed by atoms with E-state index in [1.54, 1.807) is 41.3 Å². The summed E-state index contributed by atoms with van der Waals surface area (Å²) in [5.41, 5.74) is 8.67. The number of rotatable bonds is 5. The van der Waals surface area contributed by atoms with Gasteiger partial charge >= 0.3 is 6.03 Å². The molecular weight excluding hydrogens is 418 g/mol. The minimum absolute atomic E-state index is 0.0435. The van der Waals surface area contributed by atoms with Crippen molar-refractivity contribution < 1.29 is 9.53 Å². The van der Waals surface area contributed by atoms with Crippen LogP contribution in [0.3, 0.4) is 0 Å². The van der Waals surface area contributed by atoms with Crippen LogP contribution in [0.1, 0.15) is 37.7 Å². The van der Waals surface area contributed by atoms with E-state index in [0.29, 0.717) is 34.5 Å². The van der Waals surface area contributed by atoms with Gasteiger partial charge in [0.25, 0.3) is 0 Å². The molecule has 0 saturated heterocycles. The smallest absolute Gasteiger partial charge is 0.328 e. The zero-order chi connectivity index (χ0) is 23.2. The maximum absolute atomic E-state index is 13.5. The number of pyridine rings is 1. The molecule has 4 rings (SSSR count). The number of nitrogens with zero attached hydrogens (tertiary/aromatic N) is 5. The first kappa shape index (κ1) is 22.0. The molecule has 0 aliphatic heterocycles. The van der Waals surface area contributed by atoms with Crippen molar-refractivity contribution in [1.29, 1.82) is 5.26 Å². The van der Waals surface area contributed by atoms with E-state index in [1.807, 2.05) is 6.07 Å². The zero-order valence-electron chi connectivity index (χ0n) is 18.4. The van der Waals surface area contributed by atoms with Gasteiger partial charge in [0.05, 0.1) is 30.1 Å². The topological polar surface area (TPSA) is 130 Å². The average molecular weight is 444 g/mol. The molecule has 0 unspecified atom stereocenters. The molecule has 1 aromatic carbocycles. The first-order valence-electron chi connectivity index (χ1n) is 10.8. The fraction of sp³-hybridized carbons (Fsp3) is 0.292. The third kappa shape index (κ3) is 5.01. The van der Waals surface area contributed by atoms with Gasteiger partial charge in [-0.2, -0.15) is 5.26 Å². The van der Waals surface area contributed by atoms with Crippen molar-refractivity contribution in [2.75, 3.05) is 23.1 Å². The number of nitrogens with one attached hydrogen (secondary N) is 1. The third-order valence-electron chi connectivity index (χ3n) is 5.67. The molecule has 0 atom stereocenters. The molecule has 9 heteroatoms. The standard InChI is InChI=1S/C24H25N7O2/c1-33-22-13-21(27-15-28-22)30-24(32)31(18-8-3-2-4-9-18)23-19(26)10-11-20(29-23)17-7-5-6-16(12-17)14-25/h5-7,10-13,15,18H,2-4,8-9,26H2,1H3,(H,27,28,30,32). The summed E-state index contributed by atoms with van der Waals surface area (Å²) in [5.74, 6) is 1.06. The van der Waals surface area contributed by atoms with Crippen LogP contribution in [0.25, 0.3) is 11.3 Å². The molecule has 33 heavy (non-hydrogen) atoms. The molecule has 2 aromatic heterocycles. The number of methoxy groups -OCH3 is 1. The van der Waals surface area contributed by atoms with Gasteiger partial charge in [-0.1, -0.05) is 31.4 Å². The lowest BCUT2D eigenvalue weighted by Gasteiger charge is -2.34. The minimum atomic E-state index is -0.371. The highest BCUT2D eigenvalue weighted by Crippen LogP contribution is 2.32. The number of ether oxygens (including phenoxy) is 1. The number of nitriles is 1. The molecule has 2 amide bonds. The van der Waals surface area contributed by atoms with Crippen LogP contribution in [0, 0.1) is 11.3 Å². The van der Waals surface area contributed by atoms with Crippen molar-refractivity contribution >= 4 is 23.4 Å². The Kier molecular flexibility index (Phi) is 6.64. The molecule has 1 aliphatic carbocycles. The lowest BCUT2D eigenvalue weighted by atomic mass is 9.94. The molecule has 0 spiro atoms. The fourth-order valence-electron chi connectivity index (χ4n) is 4.02. The van der Waals surface area contributed by atoms with Gasteiger partial charge in [0.15, 0.2) is 5.82 Å². The van der Waals surface area contributed by atoms with Gasteiger partial charge in [0.2, 0.25) is 5.88 Å². The lowest BCUT2D eigenvalue weighted by molar-refractivity contribution is 0.252. The molecule has 0 bridgehead atoms. The van der Waals surface area contributed by atoms with Crippen LogP contribution >= 0.6 is 0 Å². The largest absolute Gasteiger partial charge is 0.481 e. The van der Waals surface area contributed by atoms with Gasteiger partial charge in [-0.3, -0.25) is 10.2 Å². The fourth-order valence-corrected chi connectivity index (χ4v) is 4.02. The summed E-state index contributed by atoms with van der Waals surface area (Å²) < 4.78 is 5.13. The molecule has 168 valence electrons. The van der Waals surface area contributed by atoms with Gasteiger partial charge in [-0.25, -0.2) is 19.7 Å². The average Bonchev–Trinajstić information content (AvgIpc) is 2.86. The van der Waals surface area contributed by atoms with Gasteiger partial charge in [-0.15, -0.1) is 0 Å². The first-order valence-corrected chi connectivity index (χ1v) is 10.8. The third-order valence-corrected chi connectivity index (χ3v) is 5.67. The van der Waals surface area contributed by atoms with Gasteiger partial charge in [0, 0.05) is 17.7 Å².